The maximum atomic E-state index is 9.46. The van der Waals surface area contributed by atoms with Crippen LogP contribution in [0.4, 0.5) is 0 Å². The van der Waals surface area contributed by atoms with E-state index >= 15 is 0 Å². The van der Waals surface area contributed by atoms with Crippen molar-refractivity contribution in [1.29, 1.82) is 0 Å². The number of hydrogen-bond acceptors (Lipinski definition) is 2. The third-order valence-corrected chi connectivity index (χ3v) is 2.54. The van der Waals surface area contributed by atoms with Crippen molar-refractivity contribution in [3.8, 4) is 5.75 Å². The molecule has 0 aliphatic heterocycles. The van der Waals surface area contributed by atoms with E-state index in [2.05, 4.69) is 4.98 Å². The quantitative estimate of drug-likeness (QED) is 0.747. The minimum absolute atomic E-state index is 0.140. The van der Waals surface area contributed by atoms with Gasteiger partial charge in [-0.15, -0.1) is 0 Å². The second-order valence-corrected chi connectivity index (χ2v) is 3.89. The molecule has 1 aromatic carbocycles. The Morgan fingerprint density at radius 1 is 1.21 bits per heavy atom. The van der Waals surface area contributed by atoms with E-state index in [4.69, 9.17) is 23.2 Å². The first-order valence-electron chi connectivity index (χ1n) is 4.03. The summed E-state index contributed by atoms with van der Waals surface area (Å²) in [5.41, 5.74) is 1.26. The molecule has 72 valence electrons. The first-order chi connectivity index (χ1) is 6.58. The fourth-order valence-electron chi connectivity index (χ4n) is 1.29. The molecule has 0 aliphatic carbocycles. The zero-order chi connectivity index (χ0) is 10.3. The molecule has 1 N–H and O–H groups in total. The van der Waals surface area contributed by atoms with Gasteiger partial charge in [-0.05, 0) is 25.1 Å². The normalized spacial score (nSPS) is 10.8. The fraction of sp³-hybridized carbons (Fsp3) is 0.100. The monoisotopic (exact) mass is 227 g/mol. The molecule has 0 saturated carbocycles. The van der Waals surface area contributed by atoms with Gasteiger partial charge in [0, 0.05) is 10.4 Å². The van der Waals surface area contributed by atoms with E-state index in [1.807, 2.05) is 0 Å². The molecule has 0 aliphatic rings. The third kappa shape index (κ3) is 1.51. The van der Waals surface area contributed by atoms with Crippen LogP contribution in [0.1, 0.15) is 5.69 Å². The standard InChI is InChI=1S/C10H7Cl2NO/c1-5-10(14)4-7-8(12)2-6(11)3-9(7)13-5/h2-4,14H,1H3. The summed E-state index contributed by atoms with van der Waals surface area (Å²) in [6.45, 7) is 1.73. The number of aryl methyl sites for hydroxylation is 1. The molecule has 2 rings (SSSR count). The highest BCUT2D eigenvalue weighted by atomic mass is 35.5. The van der Waals surface area contributed by atoms with Gasteiger partial charge < -0.3 is 5.11 Å². The number of hydrogen-bond donors (Lipinski definition) is 1. The number of rotatable bonds is 0. The lowest BCUT2D eigenvalue weighted by Crippen LogP contribution is -1.85. The topological polar surface area (TPSA) is 33.1 Å². The SMILES string of the molecule is Cc1nc2cc(Cl)cc(Cl)c2cc1O. The van der Waals surface area contributed by atoms with E-state index in [0.29, 0.717) is 26.6 Å². The van der Waals surface area contributed by atoms with Crippen LogP contribution in [0.3, 0.4) is 0 Å². The van der Waals surface area contributed by atoms with Crippen LogP contribution in [0.25, 0.3) is 10.9 Å². The van der Waals surface area contributed by atoms with Gasteiger partial charge in [-0.1, -0.05) is 23.2 Å². The van der Waals surface area contributed by atoms with Crippen molar-refractivity contribution in [2.24, 2.45) is 0 Å². The summed E-state index contributed by atoms with van der Waals surface area (Å²) in [4.78, 5) is 4.18. The van der Waals surface area contributed by atoms with Crippen LogP contribution in [0.15, 0.2) is 18.2 Å². The summed E-state index contributed by atoms with van der Waals surface area (Å²) in [5, 5.41) is 11.2. The number of halogens is 2. The molecule has 0 spiro atoms. The van der Waals surface area contributed by atoms with Crippen molar-refractivity contribution < 1.29 is 5.11 Å². The summed E-state index contributed by atoms with van der Waals surface area (Å²) >= 11 is 11.8. The van der Waals surface area contributed by atoms with E-state index in [-0.39, 0.29) is 5.75 Å². The van der Waals surface area contributed by atoms with Crippen molar-refractivity contribution in [1.82, 2.24) is 4.98 Å². The van der Waals surface area contributed by atoms with Crippen LogP contribution < -0.4 is 0 Å². The maximum absolute atomic E-state index is 9.46. The van der Waals surface area contributed by atoms with E-state index in [1.165, 1.54) is 0 Å². The van der Waals surface area contributed by atoms with Gasteiger partial charge in [0.1, 0.15) is 5.75 Å². The Hall–Kier alpha value is -0.990. The molecule has 14 heavy (non-hydrogen) atoms. The maximum Gasteiger partial charge on any atom is 0.137 e. The van der Waals surface area contributed by atoms with Gasteiger partial charge in [-0.3, -0.25) is 0 Å². The number of benzene rings is 1. The molecule has 2 aromatic rings. The highest BCUT2D eigenvalue weighted by Gasteiger charge is 2.06. The van der Waals surface area contributed by atoms with Crippen molar-refractivity contribution in [2.75, 3.05) is 0 Å². The number of aromatic hydroxyl groups is 1. The van der Waals surface area contributed by atoms with Crippen LogP contribution in [-0.4, -0.2) is 10.1 Å². The molecule has 1 aromatic heterocycles. The molecule has 0 unspecified atom stereocenters. The van der Waals surface area contributed by atoms with E-state index in [0.717, 1.165) is 0 Å². The lowest BCUT2D eigenvalue weighted by Gasteiger charge is -2.04. The molecular weight excluding hydrogens is 221 g/mol. The van der Waals surface area contributed by atoms with Gasteiger partial charge in [-0.25, -0.2) is 4.98 Å². The summed E-state index contributed by atoms with van der Waals surface area (Å²) in [7, 11) is 0. The second kappa shape index (κ2) is 3.30. The van der Waals surface area contributed by atoms with Gasteiger partial charge in [0.05, 0.1) is 16.2 Å². The number of aromatic nitrogens is 1. The first kappa shape index (κ1) is 9.56. The molecule has 0 radical (unpaired) electrons. The first-order valence-corrected chi connectivity index (χ1v) is 4.79. The Morgan fingerprint density at radius 2 is 1.93 bits per heavy atom. The Morgan fingerprint density at radius 3 is 2.64 bits per heavy atom. The van der Waals surface area contributed by atoms with Crippen molar-refractivity contribution in [2.45, 2.75) is 6.92 Å². The highest BCUT2D eigenvalue weighted by Crippen LogP contribution is 2.30. The third-order valence-electron chi connectivity index (χ3n) is 2.01. The Balaban J connectivity index is 2.89. The number of nitrogens with zero attached hydrogens (tertiary/aromatic N) is 1. The molecule has 4 heteroatoms. The van der Waals surface area contributed by atoms with Crippen LogP contribution in [0.2, 0.25) is 10.0 Å². The largest absolute Gasteiger partial charge is 0.506 e. The van der Waals surface area contributed by atoms with Crippen molar-refractivity contribution >= 4 is 34.1 Å². The van der Waals surface area contributed by atoms with Gasteiger partial charge >= 0.3 is 0 Å². The van der Waals surface area contributed by atoms with Crippen LogP contribution in [0.5, 0.6) is 5.75 Å². The average Bonchev–Trinajstić information content (AvgIpc) is 2.08. The Kier molecular flexibility index (Phi) is 2.25. The lowest BCUT2D eigenvalue weighted by molar-refractivity contribution is 0.469. The van der Waals surface area contributed by atoms with Crippen molar-refractivity contribution in [3.05, 3.63) is 33.9 Å². The molecule has 2 nitrogen and oxygen atoms in total. The van der Waals surface area contributed by atoms with E-state index in [1.54, 1.807) is 25.1 Å². The predicted octanol–water partition coefficient (Wildman–Crippen LogP) is 3.56. The average molecular weight is 228 g/mol. The molecule has 0 amide bonds. The predicted molar refractivity (Wildman–Crippen MR) is 58.2 cm³/mol. The summed E-state index contributed by atoms with van der Waals surface area (Å²) < 4.78 is 0. The van der Waals surface area contributed by atoms with E-state index in [9.17, 15) is 5.11 Å². The molecular formula is C10H7Cl2NO. The fourth-order valence-corrected chi connectivity index (χ4v) is 1.82. The van der Waals surface area contributed by atoms with Gasteiger partial charge in [-0.2, -0.15) is 0 Å². The number of pyridine rings is 1. The summed E-state index contributed by atoms with van der Waals surface area (Å²) in [6, 6.07) is 4.94. The minimum Gasteiger partial charge on any atom is -0.506 e. The summed E-state index contributed by atoms with van der Waals surface area (Å²) in [6.07, 6.45) is 0. The zero-order valence-corrected chi connectivity index (χ0v) is 8.89. The molecule has 1 heterocycles. The molecule has 0 atom stereocenters. The second-order valence-electron chi connectivity index (χ2n) is 3.05. The van der Waals surface area contributed by atoms with Crippen LogP contribution in [-0.2, 0) is 0 Å². The van der Waals surface area contributed by atoms with Gasteiger partial charge in [0.15, 0.2) is 0 Å². The summed E-state index contributed by atoms with van der Waals surface area (Å²) in [5.74, 6) is 0.140. The minimum atomic E-state index is 0.140. The number of fused-ring (bicyclic) bond motifs is 1. The van der Waals surface area contributed by atoms with E-state index < -0.39 is 0 Å². The van der Waals surface area contributed by atoms with Gasteiger partial charge in [0.2, 0.25) is 0 Å². The van der Waals surface area contributed by atoms with Gasteiger partial charge in [0.25, 0.3) is 0 Å². The highest BCUT2D eigenvalue weighted by molar-refractivity contribution is 6.38. The molecule has 0 fully saturated rings. The lowest BCUT2D eigenvalue weighted by atomic mass is 10.2. The smallest absolute Gasteiger partial charge is 0.137 e. The zero-order valence-electron chi connectivity index (χ0n) is 7.38. The van der Waals surface area contributed by atoms with Crippen molar-refractivity contribution in [3.63, 3.8) is 0 Å². The van der Waals surface area contributed by atoms with Crippen LogP contribution in [0, 0.1) is 6.92 Å². The molecule has 0 saturated heterocycles. The Labute approximate surface area is 91.1 Å². The molecule has 0 bridgehead atoms. The van der Waals surface area contributed by atoms with Crippen LogP contribution >= 0.6 is 23.2 Å². The Bertz CT molecular complexity index is 511.